The van der Waals surface area contributed by atoms with Crippen molar-refractivity contribution in [1.29, 1.82) is 0 Å². The smallest absolute Gasteiger partial charge is 0.337 e. The predicted octanol–water partition coefficient (Wildman–Crippen LogP) is 0.250. The van der Waals surface area contributed by atoms with Crippen molar-refractivity contribution in [3.8, 4) is 5.82 Å². The number of carbonyl (C=O) groups is 2. The van der Waals surface area contributed by atoms with E-state index in [2.05, 4.69) is 10.1 Å². The van der Waals surface area contributed by atoms with Crippen LogP contribution in [0.1, 0.15) is 20.8 Å². The quantitative estimate of drug-likeness (QED) is 0.829. The molecule has 1 amide bonds. The zero-order valence-electron chi connectivity index (χ0n) is 10.9. The summed E-state index contributed by atoms with van der Waals surface area (Å²) >= 11 is 0. The number of carboxylic acid groups (broad SMARTS) is 1. The van der Waals surface area contributed by atoms with Gasteiger partial charge in [-0.2, -0.15) is 5.10 Å². The summed E-state index contributed by atoms with van der Waals surface area (Å²) in [5.41, 5.74) is 5.91. The van der Waals surface area contributed by atoms with Gasteiger partial charge in [-0.25, -0.2) is 14.5 Å². The molecule has 20 heavy (non-hydrogen) atoms. The number of nitrogens with zero attached hydrogens (tertiary/aromatic N) is 4. The molecule has 2 aromatic heterocycles. The molecular weight excluding hydrogens is 262 g/mol. The second-order valence-corrected chi connectivity index (χ2v) is 4.25. The van der Waals surface area contributed by atoms with Gasteiger partial charge in [0.25, 0.3) is 5.91 Å². The van der Waals surface area contributed by atoms with E-state index in [0.29, 0.717) is 0 Å². The predicted molar refractivity (Wildman–Crippen MR) is 70.7 cm³/mol. The maximum Gasteiger partial charge on any atom is 0.337 e. The van der Waals surface area contributed by atoms with Crippen LogP contribution in [0.15, 0.2) is 24.5 Å². The Balaban J connectivity index is 2.46. The monoisotopic (exact) mass is 275 g/mol. The third kappa shape index (κ3) is 2.30. The third-order valence-corrected chi connectivity index (χ3v) is 2.63. The number of aromatic nitrogens is 3. The molecule has 0 aromatic carbocycles. The highest BCUT2D eigenvalue weighted by atomic mass is 16.4. The summed E-state index contributed by atoms with van der Waals surface area (Å²) in [7, 11) is 3.22. The molecule has 0 aliphatic rings. The molecule has 0 aliphatic heterocycles. The Morgan fingerprint density at radius 2 is 2.05 bits per heavy atom. The zero-order chi connectivity index (χ0) is 14.9. The van der Waals surface area contributed by atoms with Gasteiger partial charge in [-0.05, 0) is 12.1 Å². The first-order valence-corrected chi connectivity index (χ1v) is 5.67. The van der Waals surface area contributed by atoms with E-state index >= 15 is 0 Å². The van der Waals surface area contributed by atoms with Crippen LogP contribution in [0.3, 0.4) is 0 Å². The maximum atomic E-state index is 11.8. The Labute approximate surface area is 114 Å². The van der Waals surface area contributed by atoms with Gasteiger partial charge in [0.05, 0.1) is 11.3 Å². The van der Waals surface area contributed by atoms with E-state index in [0.717, 1.165) is 0 Å². The van der Waals surface area contributed by atoms with Gasteiger partial charge in [-0.3, -0.25) is 4.79 Å². The molecule has 0 fully saturated rings. The Morgan fingerprint density at radius 1 is 1.35 bits per heavy atom. The Hall–Kier alpha value is -2.90. The molecular formula is C12H13N5O3. The van der Waals surface area contributed by atoms with Crippen molar-refractivity contribution >= 4 is 17.6 Å². The highest BCUT2D eigenvalue weighted by Gasteiger charge is 2.16. The average molecular weight is 275 g/mol. The molecule has 0 atom stereocenters. The number of pyridine rings is 1. The summed E-state index contributed by atoms with van der Waals surface area (Å²) < 4.78 is 1.28. The van der Waals surface area contributed by atoms with Crippen molar-refractivity contribution in [2.24, 2.45) is 0 Å². The van der Waals surface area contributed by atoms with Gasteiger partial charge >= 0.3 is 5.97 Å². The zero-order valence-corrected chi connectivity index (χ0v) is 10.9. The highest BCUT2D eigenvalue weighted by molar-refractivity contribution is 5.95. The van der Waals surface area contributed by atoms with E-state index in [1.807, 2.05) is 0 Å². The average Bonchev–Trinajstić information content (AvgIpc) is 2.86. The fraction of sp³-hybridized carbons (Fsp3) is 0.167. The van der Waals surface area contributed by atoms with Crippen LogP contribution in [0.2, 0.25) is 0 Å². The van der Waals surface area contributed by atoms with Gasteiger partial charge in [0.2, 0.25) is 0 Å². The van der Waals surface area contributed by atoms with Crippen LogP contribution >= 0.6 is 0 Å². The first kappa shape index (κ1) is 13.5. The van der Waals surface area contributed by atoms with Crippen LogP contribution in [-0.2, 0) is 0 Å². The molecule has 2 rings (SSSR count). The number of nitrogens with two attached hydrogens (primary N) is 1. The van der Waals surface area contributed by atoms with Gasteiger partial charge in [-0.15, -0.1) is 0 Å². The van der Waals surface area contributed by atoms with E-state index in [9.17, 15) is 9.59 Å². The molecule has 0 saturated heterocycles. The van der Waals surface area contributed by atoms with E-state index < -0.39 is 5.97 Å². The van der Waals surface area contributed by atoms with Crippen molar-refractivity contribution in [1.82, 2.24) is 19.7 Å². The van der Waals surface area contributed by atoms with E-state index in [1.54, 1.807) is 14.1 Å². The van der Waals surface area contributed by atoms with Crippen molar-refractivity contribution in [2.75, 3.05) is 19.8 Å². The number of hydrogen-bond donors (Lipinski definition) is 2. The number of rotatable bonds is 3. The minimum atomic E-state index is -1.15. The lowest BCUT2D eigenvalue weighted by Gasteiger charge is -2.08. The van der Waals surface area contributed by atoms with Gasteiger partial charge in [0.1, 0.15) is 0 Å². The van der Waals surface area contributed by atoms with Crippen LogP contribution in [0.5, 0.6) is 0 Å². The lowest BCUT2D eigenvalue weighted by atomic mass is 10.2. The van der Waals surface area contributed by atoms with Crippen LogP contribution in [0.25, 0.3) is 5.82 Å². The highest BCUT2D eigenvalue weighted by Crippen LogP contribution is 2.18. The number of hydrogen-bond acceptors (Lipinski definition) is 5. The molecule has 2 aromatic rings. The fourth-order valence-electron chi connectivity index (χ4n) is 1.62. The van der Waals surface area contributed by atoms with Gasteiger partial charge < -0.3 is 15.7 Å². The van der Waals surface area contributed by atoms with Gasteiger partial charge in [0.15, 0.2) is 11.5 Å². The van der Waals surface area contributed by atoms with Crippen LogP contribution in [0, 0.1) is 0 Å². The number of aromatic carboxylic acids is 1. The second kappa shape index (κ2) is 5.00. The minimum Gasteiger partial charge on any atom is -0.478 e. The molecule has 3 N–H and O–H groups in total. The van der Waals surface area contributed by atoms with Gasteiger partial charge in [-0.1, -0.05) is 0 Å². The fourth-order valence-corrected chi connectivity index (χ4v) is 1.62. The topological polar surface area (TPSA) is 114 Å². The molecule has 0 bridgehead atoms. The van der Waals surface area contributed by atoms with Crippen molar-refractivity contribution in [3.63, 3.8) is 0 Å². The number of anilines is 1. The van der Waals surface area contributed by atoms with Crippen LogP contribution < -0.4 is 5.73 Å². The standard InChI is InChI=1S/C12H13N5O3/c1-16(2)11(18)8-4-6-17(15-8)10-9(13)7(12(19)20)3-5-14-10/h3-6H,13H2,1-2H3,(H,19,20). The largest absolute Gasteiger partial charge is 0.478 e. The summed E-state index contributed by atoms with van der Waals surface area (Å²) in [6, 6.07) is 2.81. The van der Waals surface area contributed by atoms with Crippen molar-refractivity contribution in [3.05, 3.63) is 35.8 Å². The molecule has 8 nitrogen and oxygen atoms in total. The van der Waals surface area contributed by atoms with Gasteiger partial charge in [0, 0.05) is 26.5 Å². The third-order valence-electron chi connectivity index (χ3n) is 2.63. The lowest BCUT2D eigenvalue weighted by molar-refractivity contribution is 0.0697. The molecule has 0 radical (unpaired) electrons. The Morgan fingerprint density at radius 3 is 2.65 bits per heavy atom. The Bertz CT molecular complexity index is 677. The summed E-state index contributed by atoms with van der Waals surface area (Å²) in [4.78, 5) is 28.1. The number of nitrogen functional groups attached to an aromatic ring is 1. The summed E-state index contributed by atoms with van der Waals surface area (Å²) in [5.74, 6) is -1.25. The van der Waals surface area contributed by atoms with E-state index in [-0.39, 0.29) is 28.7 Å². The summed E-state index contributed by atoms with van der Waals surface area (Å²) in [5, 5.41) is 13.1. The summed E-state index contributed by atoms with van der Waals surface area (Å²) in [6.07, 6.45) is 2.82. The van der Waals surface area contributed by atoms with Crippen molar-refractivity contribution in [2.45, 2.75) is 0 Å². The SMILES string of the molecule is CN(C)C(=O)c1ccn(-c2nccc(C(=O)O)c2N)n1. The van der Waals surface area contributed by atoms with Crippen molar-refractivity contribution < 1.29 is 14.7 Å². The maximum absolute atomic E-state index is 11.8. The Kier molecular flexibility index (Phi) is 3.38. The molecule has 0 spiro atoms. The molecule has 0 saturated carbocycles. The van der Waals surface area contributed by atoms with Crippen LogP contribution in [0.4, 0.5) is 5.69 Å². The first-order valence-electron chi connectivity index (χ1n) is 5.67. The van der Waals surface area contributed by atoms with Crippen LogP contribution in [-0.4, -0.2) is 50.7 Å². The number of amides is 1. The molecule has 0 aliphatic carbocycles. The second-order valence-electron chi connectivity index (χ2n) is 4.25. The molecule has 104 valence electrons. The number of carbonyl (C=O) groups excluding carboxylic acids is 1. The summed E-state index contributed by atoms with van der Waals surface area (Å²) in [6.45, 7) is 0. The molecule has 8 heteroatoms. The first-order chi connectivity index (χ1) is 9.41. The number of carboxylic acids is 1. The van der Waals surface area contributed by atoms with E-state index in [4.69, 9.17) is 10.8 Å². The molecule has 2 heterocycles. The lowest BCUT2D eigenvalue weighted by Crippen LogP contribution is -2.22. The van der Waals surface area contributed by atoms with E-state index in [1.165, 1.54) is 34.1 Å². The molecule has 0 unspecified atom stereocenters. The minimum absolute atomic E-state index is 0.00745. The normalized spacial score (nSPS) is 10.3.